The van der Waals surface area contributed by atoms with Crippen LogP contribution in [-0.4, -0.2) is 32.8 Å². The number of nitrogens with one attached hydrogen (secondary N) is 1. The van der Waals surface area contributed by atoms with Crippen molar-refractivity contribution in [1.29, 1.82) is 0 Å². The molecule has 5 nitrogen and oxygen atoms in total. The molecular weight excluding hydrogens is 268 g/mol. The molecule has 2 rings (SSSR count). The van der Waals surface area contributed by atoms with Gasteiger partial charge in [0.25, 0.3) is 0 Å². The third kappa shape index (κ3) is 3.54. The third-order valence-electron chi connectivity index (χ3n) is 4.29. The molecule has 3 N–H and O–H groups in total. The number of carbonyl (C=O) groups excluding carboxylic acids is 1. The van der Waals surface area contributed by atoms with Crippen molar-refractivity contribution in [3.63, 3.8) is 0 Å². The maximum absolute atomic E-state index is 12.6. The van der Waals surface area contributed by atoms with Crippen molar-refractivity contribution in [2.24, 2.45) is 11.1 Å². The van der Waals surface area contributed by atoms with Gasteiger partial charge in [-0.3, -0.25) is 4.79 Å². The SMILES string of the molecule is COc1ccc(C(C)NC(=O)C2(CN)CCOCC2)cc1. The summed E-state index contributed by atoms with van der Waals surface area (Å²) in [6.45, 7) is 3.53. The van der Waals surface area contributed by atoms with E-state index in [1.807, 2.05) is 31.2 Å². The van der Waals surface area contributed by atoms with E-state index in [2.05, 4.69) is 5.32 Å². The molecule has 1 aromatic rings. The Morgan fingerprint density at radius 3 is 2.52 bits per heavy atom. The summed E-state index contributed by atoms with van der Waals surface area (Å²) >= 11 is 0. The monoisotopic (exact) mass is 292 g/mol. The Balaban J connectivity index is 2.03. The van der Waals surface area contributed by atoms with E-state index in [1.165, 1.54) is 0 Å². The van der Waals surface area contributed by atoms with Gasteiger partial charge in [0.05, 0.1) is 18.6 Å². The molecule has 1 amide bonds. The summed E-state index contributed by atoms with van der Waals surface area (Å²) in [5, 5.41) is 3.08. The van der Waals surface area contributed by atoms with Crippen molar-refractivity contribution < 1.29 is 14.3 Å². The Labute approximate surface area is 125 Å². The van der Waals surface area contributed by atoms with Gasteiger partial charge in [0.1, 0.15) is 5.75 Å². The highest BCUT2D eigenvalue weighted by atomic mass is 16.5. The lowest BCUT2D eigenvalue weighted by atomic mass is 9.79. The molecule has 1 aliphatic rings. The fraction of sp³-hybridized carbons (Fsp3) is 0.562. The summed E-state index contributed by atoms with van der Waals surface area (Å²) in [5.74, 6) is 0.830. The number of carbonyl (C=O) groups is 1. The van der Waals surface area contributed by atoms with Gasteiger partial charge in [0.15, 0.2) is 0 Å². The van der Waals surface area contributed by atoms with Gasteiger partial charge in [-0.15, -0.1) is 0 Å². The van der Waals surface area contributed by atoms with E-state index in [0.29, 0.717) is 32.6 Å². The first-order chi connectivity index (χ1) is 10.1. The molecule has 116 valence electrons. The van der Waals surface area contributed by atoms with Gasteiger partial charge in [-0.2, -0.15) is 0 Å². The van der Waals surface area contributed by atoms with Crippen LogP contribution in [0.3, 0.4) is 0 Å². The van der Waals surface area contributed by atoms with Crippen molar-refractivity contribution in [1.82, 2.24) is 5.32 Å². The average molecular weight is 292 g/mol. The topological polar surface area (TPSA) is 73.6 Å². The van der Waals surface area contributed by atoms with E-state index >= 15 is 0 Å². The molecule has 0 radical (unpaired) electrons. The Hall–Kier alpha value is -1.59. The molecular formula is C16H24N2O3. The average Bonchev–Trinajstić information content (AvgIpc) is 2.55. The number of rotatable bonds is 5. The van der Waals surface area contributed by atoms with Gasteiger partial charge < -0.3 is 20.5 Å². The van der Waals surface area contributed by atoms with Crippen LogP contribution in [0.2, 0.25) is 0 Å². The van der Waals surface area contributed by atoms with E-state index in [4.69, 9.17) is 15.2 Å². The molecule has 1 fully saturated rings. The van der Waals surface area contributed by atoms with Crippen molar-refractivity contribution in [3.05, 3.63) is 29.8 Å². The largest absolute Gasteiger partial charge is 0.497 e. The molecule has 0 bridgehead atoms. The van der Waals surface area contributed by atoms with Crippen molar-refractivity contribution in [3.8, 4) is 5.75 Å². The minimum atomic E-state index is -0.487. The lowest BCUT2D eigenvalue weighted by molar-refractivity contribution is -0.136. The number of methoxy groups -OCH3 is 1. The molecule has 21 heavy (non-hydrogen) atoms. The summed E-state index contributed by atoms with van der Waals surface area (Å²) in [5.41, 5.74) is 6.42. The maximum atomic E-state index is 12.6. The first-order valence-corrected chi connectivity index (χ1v) is 7.34. The zero-order chi connectivity index (χ0) is 15.3. The van der Waals surface area contributed by atoms with Crippen LogP contribution in [0.4, 0.5) is 0 Å². The van der Waals surface area contributed by atoms with Crippen LogP contribution in [0.1, 0.15) is 31.4 Å². The second-order valence-corrected chi connectivity index (χ2v) is 5.57. The van der Waals surface area contributed by atoms with Crippen LogP contribution >= 0.6 is 0 Å². The molecule has 1 aliphatic heterocycles. The smallest absolute Gasteiger partial charge is 0.228 e. The second kappa shape index (κ2) is 6.91. The Morgan fingerprint density at radius 2 is 2.00 bits per heavy atom. The van der Waals surface area contributed by atoms with Crippen molar-refractivity contribution in [2.75, 3.05) is 26.9 Å². The van der Waals surface area contributed by atoms with Gasteiger partial charge in [-0.1, -0.05) is 12.1 Å². The third-order valence-corrected chi connectivity index (χ3v) is 4.29. The Kier molecular flexibility index (Phi) is 5.20. The van der Waals surface area contributed by atoms with Gasteiger partial charge in [-0.05, 0) is 37.5 Å². The molecule has 1 aromatic carbocycles. The fourth-order valence-electron chi connectivity index (χ4n) is 2.61. The number of ether oxygens (including phenoxy) is 2. The van der Waals surface area contributed by atoms with Gasteiger partial charge in [0.2, 0.25) is 5.91 Å². The molecule has 0 aliphatic carbocycles. The number of benzene rings is 1. The lowest BCUT2D eigenvalue weighted by Crippen LogP contribution is -2.49. The lowest BCUT2D eigenvalue weighted by Gasteiger charge is -2.35. The minimum Gasteiger partial charge on any atom is -0.497 e. The first-order valence-electron chi connectivity index (χ1n) is 7.34. The van der Waals surface area contributed by atoms with E-state index in [0.717, 1.165) is 11.3 Å². The molecule has 1 heterocycles. The molecule has 0 saturated carbocycles. The summed E-state index contributed by atoms with van der Waals surface area (Å²) < 4.78 is 10.5. The predicted molar refractivity (Wildman–Crippen MR) is 81.1 cm³/mol. The first kappa shape index (κ1) is 15.8. The van der Waals surface area contributed by atoms with E-state index in [1.54, 1.807) is 7.11 Å². The second-order valence-electron chi connectivity index (χ2n) is 5.57. The summed E-state index contributed by atoms with van der Waals surface area (Å²) in [4.78, 5) is 12.6. The number of amides is 1. The summed E-state index contributed by atoms with van der Waals surface area (Å²) in [7, 11) is 1.64. The van der Waals surface area contributed by atoms with Crippen LogP contribution in [0.15, 0.2) is 24.3 Å². The minimum absolute atomic E-state index is 0.0246. The normalized spacial score (nSPS) is 18.8. The highest BCUT2D eigenvalue weighted by molar-refractivity contribution is 5.83. The standard InChI is InChI=1S/C16H24N2O3/c1-12(13-3-5-14(20-2)6-4-13)18-15(19)16(11-17)7-9-21-10-8-16/h3-6,12H,7-11,17H2,1-2H3,(H,18,19). The predicted octanol–water partition coefficient (Wildman–Crippen LogP) is 1.63. The maximum Gasteiger partial charge on any atom is 0.228 e. The zero-order valence-corrected chi connectivity index (χ0v) is 12.7. The van der Waals surface area contributed by atoms with E-state index < -0.39 is 5.41 Å². The molecule has 1 atom stereocenters. The van der Waals surface area contributed by atoms with E-state index in [9.17, 15) is 4.79 Å². The van der Waals surface area contributed by atoms with Crippen molar-refractivity contribution >= 4 is 5.91 Å². The number of hydrogen-bond donors (Lipinski definition) is 2. The molecule has 0 spiro atoms. The van der Waals surface area contributed by atoms with Gasteiger partial charge in [-0.25, -0.2) is 0 Å². The van der Waals surface area contributed by atoms with Crippen LogP contribution in [-0.2, 0) is 9.53 Å². The van der Waals surface area contributed by atoms with Crippen LogP contribution in [0.5, 0.6) is 5.75 Å². The fourth-order valence-corrected chi connectivity index (χ4v) is 2.61. The Morgan fingerprint density at radius 1 is 1.38 bits per heavy atom. The van der Waals surface area contributed by atoms with E-state index in [-0.39, 0.29) is 11.9 Å². The molecule has 1 saturated heterocycles. The molecule has 0 aromatic heterocycles. The van der Waals surface area contributed by atoms with Crippen molar-refractivity contribution in [2.45, 2.75) is 25.8 Å². The summed E-state index contributed by atoms with van der Waals surface area (Å²) in [6, 6.07) is 7.65. The van der Waals surface area contributed by atoms with Crippen LogP contribution < -0.4 is 15.8 Å². The molecule has 5 heteroatoms. The quantitative estimate of drug-likeness (QED) is 0.865. The zero-order valence-electron chi connectivity index (χ0n) is 12.7. The number of hydrogen-bond acceptors (Lipinski definition) is 4. The van der Waals surface area contributed by atoms with Gasteiger partial charge in [0, 0.05) is 19.8 Å². The number of nitrogens with two attached hydrogens (primary N) is 1. The highest BCUT2D eigenvalue weighted by Crippen LogP contribution is 2.30. The van der Waals surface area contributed by atoms with Crippen LogP contribution in [0.25, 0.3) is 0 Å². The molecule has 1 unspecified atom stereocenters. The van der Waals surface area contributed by atoms with Crippen LogP contribution in [0, 0.1) is 5.41 Å². The Bertz CT molecular complexity index is 467. The van der Waals surface area contributed by atoms with Gasteiger partial charge >= 0.3 is 0 Å². The highest BCUT2D eigenvalue weighted by Gasteiger charge is 2.39. The summed E-state index contributed by atoms with van der Waals surface area (Å²) in [6.07, 6.45) is 1.37.